The molecule has 0 heterocycles. The molecule has 0 radical (unpaired) electrons. The molecule has 0 aliphatic carbocycles. The van der Waals surface area contributed by atoms with Crippen molar-refractivity contribution in [1.29, 1.82) is 0 Å². The van der Waals surface area contributed by atoms with E-state index >= 15 is 0 Å². The van der Waals surface area contributed by atoms with Crippen LogP contribution in [0.5, 0.6) is 5.75 Å². The molecule has 8 nitrogen and oxygen atoms in total. The number of hydrogen-bond acceptors (Lipinski definition) is 7. The molecule has 30 heavy (non-hydrogen) atoms. The number of methoxy groups -OCH3 is 3. The number of hydrogen-bond donors (Lipinski definition) is 0. The number of nitrogens with zero attached hydrogens (tertiary/aromatic N) is 2. The number of carbonyl (C=O) groups excluding carboxylic acids is 2. The minimum atomic E-state index is -0.754. The predicted molar refractivity (Wildman–Crippen MR) is 115 cm³/mol. The molecule has 0 amide bonds. The molecule has 0 aliphatic heterocycles. The van der Waals surface area contributed by atoms with Gasteiger partial charge in [-0.1, -0.05) is 12.1 Å². The summed E-state index contributed by atoms with van der Waals surface area (Å²) in [6.07, 6.45) is 2.59. The molecule has 0 saturated carbocycles. The van der Waals surface area contributed by atoms with Crippen molar-refractivity contribution in [3.8, 4) is 5.75 Å². The minimum Gasteiger partial charge on any atom is -0.501 e. The van der Waals surface area contributed by atoms with Crippen molar-refractivity contribution >= 4 is 23.3 Å². The van der Waals surface area contributed by atoms with Crippen LogP contribution in [0.25, 0.3) is 5.57 Å². The quantitative estimate of drug-likeness (QED) is 0.190. The Kier molecular flexibility index (Phi) is 10.7. The van der Waals surface area contributed by atoms with Gasteiger partial charge < -0.3 is 23.8 Å². The fraction of sp³-hybridized carbons (Fsp3) is 0.409. The monoisotopic (exact) mass is 418 g/mol. The fourth-order valence-electron chi connectivity index (χ4n) is 2.54. The molecule has 164 valence electrons. The number of esters is 2. The first-order valence-corrected chi connectivity index (χ1v) is 9.63. The zero-order chi connectivity index (χ0) is 22.5. The lowest BCUT2D eigenvalue weighted by molar-refractivity contribution is -0.138. The molecule has 8 heteroatoms. The van der Waals surface area contributed by atoms with Crippen molar-refractivity contribution < 1.29 is 28.5 Å². The molecule has 0 unspecified atom stereocenters. The summed E-state index contributed by atoms with van der Waals surface area (Å²) in [6.45, 7) is 7.48. The van der Waals surface area contributed by atoms with E-state index < -0.39 is 11.9 Å². The Bertz CT molecular complexity index is 792. The third kappa shape index (κ3) is 6.95. The highest BCUT2D eigenvalue weighted by atomic mass is 16.5. The Morgan fingerprint density at radius 3 is 2.10 bits per heavy atom. The third-order valence-corrected chi connectivity index (χ3v) is 4.15. The molecule has 0 spiro atoms. The van der Waals surface area contributed by atoms with E-state index in [9.17, 15) is 9.59 Å². The van der Waals surface area contributed by atoms with E-state index in [1.54, 1.807) is 13.4 Å². The van der Waals surface area contributed by atoms with E-state index in [0.29, 0.717) is 36.9 Å². The van der Waals surface area contributed by atoms with Gasteiger partial charge in [-0.15, -0.1) is 0 Å². The summed E-state index contributed by atoms with van der Waals surface area (Å²) in [5, 5.41) is 0. The highest BCUT2D eigenvalue weighted by Gasteiger charge is 2.20. The first-order chi connectivity index (χ1) is 14.4. The molecule has 0 N–H and O–H groups in total. The summed E-state index contributed by atoms with van der Waals surface area (Å²) in [4.78, 5) is 30.5. The van der Waals surface area contributed by atoms with Gasteiger partial charge in [0.1, 0.15) is 11.6 Å². The Hall–Kier alpha value is -3.29. The number of rotatable bonds is 10. The van der Waals surface area contributed by atoms with E-state index in [2.05, 4.69) is 9.73 Å². The van der Waals surface area contributed by atoms with Crippen LogP contribution in [-0.2, 0) is 23.8 Å². The van der Waals surface area contributed by atoms with E-state index in [-0.39, 0.29) is 5.70 Å². The van der Waals surface area contributed by atoms with Crippen LogP contribution in [0.3, 0.4) is 0 Å². The number of ether oxygens (including phenoxy) is 4. The van der Waals surface area contributed by atoms with Gasteiger partial charge in [-0.25, -0.2) is 14.6 Å². The Morgan fingerprint density at radius 1 is 1.00 bits per heavy atom. The van der Waals surface area contributed by atoms with Crippen molar-refractivity contribution in [2.75, 3.05) is 41.0 Å². The third-order valence-electron chi connectivity index (χ3n) is 4.15. The number of aliphatic imine (C=N–C) groups is 1. The number of benzene rings is 1. The summed E-state index contributed by atoms with van der Waals surface area (Å²) < 4.78 is 20.2. The van der Waals surface area contributed by atoms with Gasteiger partial charge >= 0.3 is 11.9 Å². The molecule has 0 atom stereocenters. The zero-order valence-electron chi connectivity index (χ0n) is 18.4. The summed E-state index contributed by atoms with van der Waals surface area (Å²) >= 11 is 0. The summed E-state index contributed by atoms with van der Waals surface area (Å²) in [6, 6.07) is 7.37. The second-order valence-corrected chi connectivity index (χ2v) is 5.87. The van der Waals surface area contributed by atoms with Crippen LogP contribution in [0.15, 0.2) is 47.3 Å². The van der Waals surface area contributed by atoms with Gasteiger partial charge in [-0.05, 0) is 38.5 Å². The first kappa shape index (κ1) is 24.7. The molecule has 0 aromatic heterocycles. The van der Waals surface area contributed by atoms with E-state index in [1.807, 2.05) is 49.9 Å². The van der Waals surface area contributed by atoms with Crippen molar-refractivity contribution in [2.24, 2.45) is 4.99 Å². The van der Waals surface area contributed by atoms with Gasteiger partial charge in [-0.3, -0.25) is 0 Å². The zero-order valence-corrected chi connectivity index (χ0v) is 18.4. The van der Waals surface area contributed by atoms with Crippen LogP contribution in [0.1, 0.15) is 26.3 Å². The topological polar surface area (TPSA) is 86.7 Å². The number of carbonyl (C=O) groups is 2. The standard InChI is InChI=1S/C22H30N2O6/c1-7-24(8-2)21(23-19(22(26)29-6)14-20(25)28-5)18(15-30-9-3)16-10-12-17(27-4)13-11-16/h10-15H,7-9H2,1-6H3/b18-15+,19-14-,23-21+. The van der Waals surface area contributed by atoms with Gasteiger partial charge in [0, 0.05) is 13.1 Å². The van der Waals surface area contributed by atoms with E-state index in [1.165, 1.54) is 14.2 Å². The van der Waals surface area contributed by atoms with Gasteiger partial charge in [0.15, 0.2) is 5.70 Å². The van der Waals surface area contributed by atoms with Gasteiger partial charge in [0.05, 0.1) is 45.8 Å². The highest BCUT2D eigenvalue weighted by molar-refractivity contribution is 6.23. The summed E-state index contributed by atoms with van der Waals surface area (Å²) in [5.41, 5.74) is 1.27. The average Bonchev–Trinajstić information content (AvgIpc) is 2.78. The van der Waals surface area contributed by atoms with Crippen LogP contribution in [0.2, 0.25) is 0 Å². The Morgan fingerprint density at radius 2 is 1.63 bits per heavy atom. The van der Waals surface area contributed by atoms with Gasteiger partial charge in [-0.2, -0.15) is 0 Å². The maximum Gasteiger partial charge on any atom is 0.357 e. The Labute approximate surface area is 177 Å². The largest absolute Gasteiger partial charge is 0.501 e. The van der Waals surface area contributed by atoms with Crippen LogP contribution in [0, 0.1) is 0 Å². The lowest BCUT2D eigenvalue weighted by Crippen LogP contribution is -2.32. The van der Waals surface area contributed by atoms with Gasteiger partial charge in [0.2, 0.25) is 0 Å². The lowest BCUT2D eigenvalue weighted by Gasteiger charge is -2.25. The lowest BCUT2D eigenvalue weighted by atomic mass is 10.0. The van der Waals surface area contributed by atoms with Crippen LogP contribution < -0.4 is 4.74 Å². The number of amidine groups is 1. The maximum absolute atomic E-state index is 12.3. The van der Waals surface area contributed by atoms with Crippen LogP contribution >= 0.6 is 0 Å². The minimum absolute atomic E-state index is 0.179. The molecule has 1 aromatic rings. The second-order valence-electron chi connectivity index (χ2n) is 5.87. The molecule has 0 bridgehead atoms. The Balaban J connectivity index is 3.70. The molecule has 0 aliphatic rings. The number of likely N-dealkylation sites (N-methyl/N-ethyl adjacent to an activating group) is 1. The van der Waals surface area contributed by atoms with Gasteiger partial charge in [0.25, 0.3) is 0 Å². The van der Waals surface area contributed by atoms with Crippen molar-refractivity contribution in [1.82, 2.24) is 4.90 Å². The molecule has 0 saturated heterocycles. The second kappa shape index (κ2) is 13.0. The maximum atomic E-state index is 12.3. The van der Waals surface area contributed by atoms with Crippen LogP contribution in [-0.4, -0.2) is 63.7 Å². The normalized spacial score (nSPS) is 12.3. The van der Waals surface area contributed by atoms with E-state index in [0.717, 1.165) is 11.6 Å². The smallest absolute Gasteiger partial charge is 0.357 e. The van der Waals surface area contributed by atoms with Crippen molar-refractivity contribution in [3.05, 3.63) is 47.9 Å². The molecule has 1 aromatic carbocycles. The molecule has 1 rings (SSSR count). The van der Waals surface area contributed by atoms with Crippen molar-refractivity contribution in [3.63, 3.8) is 0 Å². The predicted octanol–water partition coefficient (Wildman–Crippen LogP) is 3.04. The highest BCUT2D eigenvalue weighted by Crippen LogP contribution is 2.23. The van der Waals surface area contributed by atoms with E-state index in [4.69, 9.17) is 14.2 Å². The molecule has 0 fully saturated rings. The summed E-state index contributed by atoms with van der Waals surface area (Å²) in [7, 11) is 4.04. The SMILES string of the molecule is CCO/C=C(/C(=N\C(=C/C(=O)OC)C(=O)OC)N(CC)CC)c1ccc(OC)cc1. The van der Waals surface area contributed by atoms with Crippen LogP contribution in [0.4, 0.5) is 0 Å². The first-order valence-electron chi connectivity index (χ1n) is 9.63. The molecular formula is C22H30N2O6. The summed E-state index contributed by atoms with van der Waals surface area (Å²) in [5.74, 6) is -0.302. The van der Waals surface area contributed by atoms with Crippen molar-refractivity contribution in [2.45, 2.75) is 20.8 Å². The fourth-order valence-corrected chi connectivity index (χ4v) is 2.54. The molecular weight excluding hydrogens is 388 g/mol. The average molecular weight is 418 g/mol.